The van der Waals surface area contributed by atoms with Gasteiger partial charge in [-0.15, -0.1) is 0 Å². The lowest BCUT2D eigenvalue weighted by atomic mass is 9.86. The quantitative estimate of drug-likeness (QED) is 0.703. The first-order valence-corrected chi connectivity index (χ1v) is 11.4. The van der Waals surface area contributed by atoms with Crippen molar-refractivity contribution in [1.29, 1.82) is 0 Å². The van der Waals surface area contributed by atoms with Crippen LogP contribution < -0.4 is 5.32 Å². The van der Waals surface area contributed by atoms with E-state index in [1.54, 1.807) is 24.0 Å². The van der Waals surface area contributed by atoms with E-state index in [0.29, 0.717) is 5.56 Å². The van der Waals surface area contributed by atoms with Gasteiger partial charge in [0.2, 0.25) is 5.91 Å². The Hall–Kier alpha value is -3.36. The van der Waals surface area contributed by atoms with Gasteiger partial charge in [-0.3, -0.25) is 14.4 Å². The van der Waals surface area contributed by atoms with Gasteiger partial charge >= 0.3 is 6.18 Å². The van der Waals surface area contributed by atoms with Gasteiger partial charge < -0.3 is 15.1 Å². The fourth-order valence-corrected chi connectivity index (χ4v) is 3.88. The predicted octanol–water partition coefficient (Wildman–Crippen LogP) is 4.11. The van der Waals surface area contributed by atoms with E-state index in [1.807, 2.05) is 12.1 Å². The summed E-state index contributed by atoms with van der Waals surface area (Å²) >= 11 is 0. The van der Waals surface area contributed by atoms with Gasteiger partial charge in [0.15, 0.2) is 0 Å². The van der Waals surface area contributed by atoms with Gasteiger partial charge in [0.05, 0.1) is 5.56 Å². The molecule has 0 saturated carbocycles. The normalized spacial score (nSPS) is 15.5. The zero-order valence-electron chi connectivity index (χ0n) is 20.3. The molecule has 1 fully saturated rings. The van der Waals surface area contributed by atoms with Crippen LogP contribution in [0.5, 0.6) is 0 Å². The number of piperazine rings is 1. The van der Waals surface area contributed by atoms with Crippen LogP contribution in [0.25, 0.3) is 0 Å². The van der Waals surface area contributed by atoms with Crippen molar-refractivity contribution in [2.24, 2.45) is 0 Å². The largest absolute Gasteiger partial charge is 0.416 e. The fourth-order valence-electron chi connectivity index (χ4n) is 3.88. The monoisotopic (exact) mass is 489 g/mol. The van der Waals surface area contributed by atoms with Gasteiger partial charge in [-0.25, -0.2) is 0 Å². The molecule has 35 heavy (non-hydrogen) atoms. The van der Waals surface area contributed by atoms with Crippen LogP contribution in [0.3, 0.4) is 0 Å². The molecular formula is C26H30F3N3O3. The Kier molecular flexibility index (Phi) is 7.57. The molecule has 9 heteroatoms. The molecule has 1 aliphatic heterocycles. The van der Waals surface area contributed by atoms with Crippen LogP contribution in [0.1, 0.15) is 59.5 Å². The maximum atomic E-state index is 13.0. The molecule has 1 unspecified atom stereocenters. The predicted molar refractivity (Wildman–Crippen MR) is 126 cm³/mol. The summed E-state index contributed by atoms with van der Waals surface area (Å²) < 4.78 is 38.9. The molecule has 2 aromatic carbocycles. The van der Waals surface area contributed by atoms with Crippen molar-refractivity contribution in [3.05, 3.63) is 70.8 Å². The molecule has 2 aromatic rings. The Morgan fingerprint density at radius 3 is 1.94 bits per heavy atom. The highest BCUT2D eigenvalue weighted by Gasteiger charge is 2.32. The lowest BCUT2D eigenvalue weighted by molar-refractivity contribution is -0.137. The maximum absolute atomic E-state index is 13.0. The molecule has 0 bridgehead atoms. The van der Waals surface area contributed by atoms with E-state index in [2.05, 4.69) is 26.1 Å². The van der Waals surface area contributed by atoms with Gasteiger partial charge in [0, 0.05) is 37.3 Å². The second kappa shape index (κ2) is 10.1. The van der Waals surface area contributed by atoms with Gasteiger partial charge in [-0.2, -0.15) is 13.2 Å². The summed E-state index contributed by atoms with van der Waals surface area (Å²) in [4.78, 5) is 41.1. The zero-order chi connectivity index (χ0) is 26.0. The number of halogens is 3. The first-order chi connectivity index (χ1) is 16.3. The molecule has 1 aliphatic rings. The van der Waals surface area contributed by atoms with Crippen molar-refractivity contribution in [2.45, 2.75) is 45.3 Å². The zero-order valence-corrected chi connectivity index (χ0v) is 20.3. The Morgan fingerprint density at radius 1 is 0.829 bits per heavy atom. The van der Waals surface area contributed by atoms with Crippen LogP contribution in [0.4, 0.5) is 13.2 Å². The van der Waals surface area contributed by atoms with Crippen molar-refractivity contribution < 1.29 is 27.6 Å². The second-order valence-electron chi connectivity index (χ2n) is 9.72. The number of nitrogens with zero attached hydrogens (tertiary/aromatic N) is 2. The van der Waals surface area contributed by atoms with Crippen molar-refractivity contribution in [3.63, 3.8) is 0 Å². The molecule has 1 saturated heterocycles. The first kappa shape index (κ1) is 26.2. The van der Waals surface area contributed by atoms with E-state index >= 15 is 0 Å². The van der Waals surface area contributed by atoms with Gasteiger partial charge in [-0.05, 0) is 48.2 Å². The first-order valence-electron chi connectivity index (χ1n) is 11.4. The standard InChI is InChI=1S/C26H30F3N3O3/c1-17(30-22(33)18-8-10-20(11-9-18)25(2,3)4)23(34)31-12-14-32(15-13-31)24(35)19-6-5-7-21(16-19)26(27,28)29/h5-11,16-17H,12-15H2,1-4H3,(H,30,33). The van der Waals surface area contributed by atoms with Crippen molar-refractivity contribution >= 4 is 17.7 Å². The molecule has 3 rings (SSSR count). The third-order valence-electron chi connectivity index (χ3n) is 6.05. The van der Waals surface area contributed by atoms with Crippen LogP contribution in [0.15, 0.2) is 48.5 Å². The number of nitrogens with one attached hydrogen (secondary N) is 1. The molecule has 6 nitrogen and oxygen atoms in total. The third kappa shape index (κ3) is 6.41. The number of carbonyl (C=O) groups excluding carboxylic acids is 3. The highest BCUT2D eigenvalue weighted by Crippen LogP contribution is 2.30. The molecule has 188 valence electrons. The Bertz CT molecular complexity index is 1080. The minimum Gasteiger partial charge on any atom is -0.341 e. The SMILES string of the molecule is CC(NC(=O)c1ccc(C(C)(C)C)cc1)C(=O)N1CCN(C(=O)c2cccc(C(F)(F)F)c2)CC1. The molecule has 1 atom stereocenters. The summed E-state index contributed by atoms with van der Waals surface area (Å²) in [6, 6.07) is 10.8. The summed E-state index contributed by atoms with van der Waals surface area (Å²) in [5, 5.41) is 2.71. The number of hydrogen-bond acceptors (Lipinski definition) is 3. The Balaban J connectivity index is 1.55. The summed E-state index contributed by atoms with van der Waals surface area (Å²) in [5.74, 6) is -1.15. The summed E-state index contributed by atoms with van der Waals surface area (Å²) in [6.45, 7) is 8.67. The molecule has 0 aliphatic carbocycles. The third-order valence-corrected chi connectivity index (χ3v) is 6.05. The molecule has 1 heterocycles. The van der Waals surface area contributed by atoms with Crippen LogP contribution in [0.2, 0.25) is 0 Å². The van der Waals surface area contributed by atoms with E-state index in [-0.39, 0.29) is 49.0 Å². The topological polar surface area (TPSA) is 69.7 Å². The van der Waals surface area contributed by atoms with E-state index in [0.717, 1.165) is 17.7 Å². The highest BCUT2D eigenvalue weighted by atomic mass is 19.4. The number of alkyl halides is 3. The average Bonchev–Trinajstić information content (AvgIpc) is 2.82. The molecule has 3 amide bonds. The molecule has 0 radical (unpaired) electrons. The highest BCUT2D eigenvalue weighted by molar-refractivity contribution is 5.97. The number of rotatable bonds is 4. The van der Waals surface area contributed by atoms with Crippen molar-refractivity contribution in [1.82, 2.24) is 15.1 Å². The molecular weight excluding hydrogens is 459 g/mol. The van der Waals surface area contributed by atoms with Crippen molar-refractivity contribution in [3.8, 4) is 0 Å². The van der Waals surface area contributed by atoms with Gasteiger partial charge in [0.1, 0.15) is 6.04 Å². The lowest BCUT2D eigenvalue weighted by Crippen LogP contribution is -2.55. The Morgan fingerprint density at radius 2 is 1.40 bits per heavy atom. The fraction of sp³-hybridized carbons (Fsp3) is 0.423. The lowest BCUT2D eigenvalue weighted by Gasteiger charge is -2.36. The minimum atomic E-state index is -4.53. The summed E-state index contributed by atoms with van der Waals surface area (Å²) in [7, 11) is 0. The second-order valence-corrected chi connectivity index (χ2v) is 9.72. The maximum Gasteiger partial charge on any atom is 0.416 e. The minimum absolute atomic E-state index is 0.0388. The summed E-state index contributed by atoms with van der Waals surface area (Å²) in [5.41, 5.74) is 0.584. The van der Waals surface area contributed by atoms with E-state index in [4.69, 9.17) is 0 Å². The molecule has 1 N–H and O–H groups in total. The van der Waals surface area contributed by atoms with Crippen LogP contribution in [-0.4, -0.2) is 59.7 Å². The van der Waals surface area contributed by atoms with Gasteiger partial charge in [0.25, 0.3) is 11.8 Å². The number of amides is 3. The summed E-state index contributed by atoms with van der Waals surface area (Å²) in [6.07, 6.45) is -4.53. The van der Waals surface area contributed by atoms with Crippen LogP contribution >= 0.6 is 0 Å². The average molecular weight is 490 g/mol. The van der Waals surface area contributed by atoms with E-state index in [1.165, 1.54) is 17.0 Å². The smallest absolute Gasteiger partial charge is 0.341 e. The Labute approximate surface area is 203 Å². The van der Waals surface area contributed by atoms with Crippen LogP contribution in [-0.2, 0) is 16.4 Å². The number of carbonyl (C=O) groups is 3. The van der Waals surface area contributed by atoms with E-state index in [9.17, 15) is 27.6 Å². The number of benzene rings is 2. The van der Waals surface area contributed by atoms with Gasteiger partial charge in [-0.1, -0.05) is 39.0 Å². The van der Waals surface area contributed by atoms with Crippen LogP contribution in [0, 0.1) is 0 Å². The van der Waals surface area contributed by atoms with Crippen molar-refractivity contribution in [2.75, 3.05) is 26.2 Å². The molecule has 0 spiro atoms. The number of hydrogen-bond donors (Lipinski definition) is 1. The van der Waals surface area contributed by atoms with E-state index < -0.39 is 23.7 Å². The molecule has 0 aromatic heterocycles.